The van der Waals surface area contributed by atoms with Crippen LogP contribution in [0.15, 0.2) is 29.3 Å². The highest BCUT2D eigenvalue weighted by Crippen LogP contribution is 2.32. The minimum absolute atomic E-state index is 0.103. The predicted octanol–water partition coefficient (Wildman–Crippen LogP) is 2.77. The number of nitrogens with one attached hydrogen (secondary N) is 1. The van der Waals surface area contributed by atoms with E-state index in [1.165, 1.54) is 24.0 Å². The predicted molar refractivity (Wildman–Crippen MR) is 76.6 cm³/mol. The fourth-order valence-electron chi connectivity index (χ4n) is 2.61. The molecule has 0 heterocycles. The maximum absolute atomic E-state index is 5.69. The number of nitrogens with zero attached hydrogens (tertiary/aromatic N) is 1. The Morgan fingerprint density at radius 2 is 2.06 bits per heavy atom. The van der Waals surface area contributed by atoms with Gasteiger partial charge in [0.2, 0.25) is 0 Å². The molecular formula is C15H23N3. The summed E-state index contributed by atoms with van der Waals surface area (Å²) in [6.45, 7) is 6.29. The van der Waals surface area contributed by atoms with Crippen molar-refractivity contribution in [1.29, 1.82) is 0 Å². The van der Waals surface area contributed by atoms with Crippen molar-refractivity contribution in [3.05, 3.63) is 35.4 Å². The zero-order valence-electron chi connectivity index (χ0n) is 11.5. The Morgan fingerprint density at radius 1 is 1.33 bits per heavy atom. The van der Waals surface area contributed by atoms with E-state index in [1.807, 2.05) is 0 Å². The number of nitrogens with two attached hydrogens (primary N) is 1. The maximum Gasteiger partial charge on any atom is 0.118 e. The minimum Gasteiger partial charge on any atom is -0.312 e. The molecule has 0 aromatic heterocycles. The number of aliphatic imine (C=N–C) groups is 1. The van der Waals surface area contributed by atoms with Gasteiger partial charge in [0.25, 0.3) is 0 Å². The molecule has 98 valence electrons. The Hall–Kier alpha value is -1.35. The van der Waals surface area contributed by atoms with Crippen molar-refractivity contribution in [2.75, 3.05) is 0 Å². The summed E-state index contributed by atoms with van der Waals surface area (Å²) in [4.78, 5) is 4.73. The van der Waals surface area contributed by atoms with E-state index in [2.05, 4.69) is 50.5 Å². The summed E-state index contributed by atoms with van der Waals surface area (Å²) >= 11 is 0. The third-order valence-corrected chi connectivity index (χ3v) is 3.30. The number of benzene rings is 1. The van der Waals surface area contributed by atoms with E-state index in [-0.39, 0.29) is 5.54 Å². The Balaban J connectivity index is 2.37. The number of amidine groups is 1. The Kier molecular flexibility index (Phi) is 3.71. The fourth-order valence-corrected chi connectivity index (χ4v) is 2.61. The lowest BCUT2D eigenvalue weighted by Gasteiger charge is -2.28. The van der Waals surface area contributed by atoms with E-state index in [4.69, 9.17) is 10.8 Å². The van der Waals surface area contributed by atoms with Crippen molar-refractivity contribution in [3.8, 4) is 0 Å². The molecule has 1 aromatic carbocycles. The highest BCUT2D eigenvalue weighted by molar-refractivity contribution is 5.89. The molecule has 0 saturated heterocycles. The summed E-state index contributed by atoms with van der Waals surface area (Å²) in [5.74, 6) is 6.92. The number of aryl methyl sites for hydroxylation is 1. The first-order valence-corrected chi connectivity index (χ1v) is 6.65. The molecular weight excluding hydrogens is 222 g/mol. The van der Waals surface area contributed by atoms with Gasteiger partial charge in [-0.2, -0.15) is 0 Å². The lowest BCUT2D eigenvalue weighted by molar-refractivity contribution is 0.562. The minimum atomic E-state index is -0.103. The second-order valence-corrected chi connectivity index (χ2v) is 5.96. The van der Waals surface area contributed by atoms with E-state index in [9.17, 15) is 0 Å². The fraction of sp³-hybridized carbons (Fsp3) is 0.533. The molecule has 1 atom stereocenters. The van der Waals surface area contributed by atoms with Gasteiger partial charge in [-0.3, -0.25) is 4.99 Å². The van der Waals surface area contributed by atoms with Crippen LogP contribution in [0.5, 0.6) is 0 Å². The molecule has 3 N–H and O–H groups in total. The van der Waals surface area contributed by atoms with Gasteiger partial charge < -0.3 is 5.43 Å². The summed E-state index contributed by atoms with van der Waals surface area (Å²) < 4.78 is 0. The smallest absolute Gasteiger partial charge is 0.118 e. The zero-order valence-corrected chi connectivity index (χ0v) is 11.5. The number of hydrogen-bond acceptors (Lipinski definition) is 2. The van der Waals surface area contributed by atoms with Gasteiger partial charge in [0.05, 0.1) is 5.54 Å². The largest absolute Gasteiger partial charge is 0.312 e. The van der Waals surface area contributed by atoms with Crippen LogP contribution >= 0.6 is 0 Å². The molecule has 0 spiro atoms. The van der Waals surface area contributed by atoms with Gasteiger partial charge in [-0.15, -0.1) is 0 Å². The van der Waals surface area contributed by atoms with Crippen LogP contribution in [0.3, 0.4) is 0 Å². The summed E-state index contributed by atoms with van der Waals surface area (Å²) in [5.41, 5.74) is 5.53. The molecule has 3 heteroatoms. The van der Waals surface area contributed by atoms with Crippen molar-refractivity contribution < 1.29 is 0 Å². The van der Waals surface area contributed by atoms with Gasteiger partial charge in [-0.1, -0.05) is 24.3 Å². The van der Waals surface area contributed by atoms with Crippen LogP contribution in [0, 0.1) is 0 Å². The molecule has 18 heavy (non-hydrogen) atoms. The first-order valence-electron chi connectivity index (χ1n) is 6.65. The number of fused-ring (bicyclic) bond motifs is 1. The third-order valence-electron chi connectivity index (χ3n) is 3.30. The van der Waals surface area contributed by atoms with Gasteiger partial charge in [0.15, 0.2) is 0 Å². The number of hydrazine groups is 1. The van der Waals surface area contributed by atoms with Crippen LogP contribution in [0.4, 0.5) is 0 Å². The highest BCUT2D eigenvalue weighted by atomic mass is 15.3. The first-order chi connectivity index (χ1) is 8.51. The molecule has 0 bridgehead atoms. The topological polar surface area (TPSA) is 50.4 Å². The van der Waals surface area contributed by atoms with E-state index < -0.39 is 0 Å². The molecule has 1 aliphatic rings. The summed E-state index contributed by atoms with van der Waals surface area (Å²) in [6.07, 6.45) is 3.49. The lowest BCUT2D eigenvalue weighted by Crippen LogP contribution is -2.38. The van der Waals surface area contributed by atoms with Crippen molar-refractivity contribution in [2.45, 2.75) is 51.5 Å². The van der Waals surface area contributed by atoms with Crippen molar-refractivity contribution in [3.63, 3.8) is 0 Å². The van der Waals surface area contributed by atoms with E-state index in [0.717, 1.165) is 12.3 Å². The van der Waals surface area contributed by atoms with E-state index in [1.54, 1.807) is 0 Å². The molecule has 0 aliphatic heterocycles. The maximum atomic E-state index is 5.69. The van der Waals surface area contributed by atoms with Gasteiger partial charge >= 0.3 is 0 Å². The number of hydrogen-bond donors (Lipinski definition) is 2. The summed E-state index contributed by atoms with van der Waals surface area (Å²) in [7, 11) is 0. The molecule has 0 radical (unpaired) electrons. The highest BCUT2D eigenvalue weighted by Gasteiger charge is 2.25. The quantitative estimate of drug-likeness (QED) is 0.346. The Morgan fingerprint density at radius 3 is 2.72 bits per heavy atom. The molecule has 1 aliphatic carbocycles. The average molecular weight is 245 g/mol. The van der Waals surface area contributed by atoms with Crippen molar-refractivity contribution >= 4 is 5.84 Å². The molecule has 1 unspecified atom stereocenters. The normalized spacial score (nSPS) is 20.4. The average Bonchev–Trinajstić information content (AvgIpc) is 2.34. The Labute approximate surface area is 109 Å². The second-order valence-electron chi connectivity index (χ2n) is 5.96. The number of rotatable bonds is 1. The van der Waals surface area contributed by atoms with Gasteiger partial charge in [0, 0.05) is 5.92 Å². The third kappa shape index (κ3) is 2.91. The van der Waals surface area contributed by atoms with Crippen LogP contribution in [-0.2, 0) is 6.42 Å². The SMILES string of the molecule is CC(C)(C)N=C(NN)C1CCCc2ccccc21. The zero-order chi connectivity index (χ0) is 13.2. The molecule has 2 rings (SSSR count). The molecule has 0 saturated carbocycles. The molecule has 3 nitrogen and oxygen atoms in total. The second kappa shape index (κ2) is 5.11. The van der Waals surface area contributed by atoms with Gasteiger partial charge in [-0.25, -0.2) is 5.84 Å². The van der Waals surface area contributed by atoms with Crippen molar-refractivity contribution in [1.82, 2.24) is 5.43 Å². The molecule has 1 aromatic rings. The lowest BCUT2D eigenvalue weighted by atomic mass is 9.82. The van der Waals surface area contributed by atoms with Gasteiger partial charge in [0.1, 0.15) is 5.84 Å². The van der Waals surface area contributed by atoms with Crippen LogP contribution in [0.25, 0.3) is 0 Å². The van der Waals surface area contributed by atoms with Crippen LogP contribution in [-0.4, -0.2) is 11.4 Å². The summed E-state index contributed by atoms with van der Waals surface area (Å²) in [6, 6.07) is 8.63. The van der Waals surface area contributed by atoms with E-state index in [0.29, 0.717) is 5.92 Å². The monoisotopic (exact) mass is 245 g/mol. The van der Waals surface area contributed by atoms with Gasteiger partial charge in [-0.05, 0) is 51.2 Å². The van der Waals surface area contributed by atoms with Crippen LogP contribution in [0.1, 0.15) is 50.7 Å². The molecule has 0 fully saturated rings. The first kappa shape index (κ1) is 13.1. The standard InChI is InChI=1S/C15H23N3/c1-15(2,3)17-14(18-16)13-10-6-8-11-7-4-5-9-12(11)13/h4-5,7,9,13H,6,8,10,16H2,1-3H3,(H,17,18). The summed E-state index contributed by atoms with van der Waals surface area (Å²) in [5, 5.41) is 0. The van der Waals surface area contributed by atoms with Crippen LogP contribution in [0.2, 0.25) is 0 Å². The van der Waals surface area contributed by atoms with Crippen molar-refractivity contribution in [2.24, 2.45) is 10.8 Å². The Bertz CT molecular complexity index is 443. The molecule has 0 amide bonds. The van der Waals surface area contributed by atoms with E-state index >= 15 is 0 Å². The van der Waals surface area contributed by atoms with Crippen LogP contribution < -0.4 is 11.3 Å².